The van der Waals surface area contributed by atoms with E-state index in [0.717, 1.165) is 16.9 Å². The molecule has 0 unspecified atom stereocenters. The van der Waals surface area contributed by atoms with Crippen molar-refractivity contribution in [1.29, 1.82) is 0 Å². The van der Waals surface area contributed by atoms with Crippen LogP contribution < -0.4 is 20.1 Å². The summed E-state index contributed by atoms with van der Waals surface area (Å²) in [5.41, 5.74) is 3.38. The highest BCUT2D eigenvalue weighted by atomic mass is 32.1. The number of aromatic nitrogens is 1. The molecule has 0 atom stereocenters. The summed E-state index contributed by atoms with van der Waals surface area (Å²) in [6, 6.07) is 13.2. The van der Waals surface area contributed by atoms with E-state index in [-0.39, 0.29) is 12.3 Å². The molecule has 2 aromatic carbocycles. The Morgan fingerprint density at radius 3 is 2.59 bits per heavy atom. The normalized spacial score (nSPS) is 10.3. The van der Waals surface area contributed by atoms with Gasteiger partial charge >= 0.3 is 0 Å². The molecule has 0 aliphatic heterocycles. The minimum atomic E-state index is -0.102. The van der Waals surface area contributed by atoms with Crippen LogP contribution in [0.2, 0.25) is 0 Å². The fraction of sp³-hybridized carbons (Fsp3) is 0.200. The predicted molar refractivity (Wildman–Crippen MR) is 108 cm³/mol. The highest BCUT2D eigenvalue weighted by Gasteiger charge is 2.11. The predicted octanol–water partition coefficient (Wildman–Crippen LogP) is 4.39. The van der Waals surface area contributed by atoms with Gasteiger partial charge in [0.25, 0.3) is 0 Å². The van der Waals surface area contributed by atoms with Gasteiger partial charge in [-0.05, 0) is 31.2 Å². The molecule has 0 saturated heterocycles. The monoisotopic (exact) mass is 383 g/mol. The standard InChI is InChI=1S/C20H21N3O3S/c1-13-4-6-14(7-5-13)21-19(24)10-15-12-27-20(22-15)23-17-11-16(25-2)8-9-18(17)26-3/h4-9,11-12H,10H2,1-3H3,(H,21,24)(H,22,23). The Morgan fingerprint density at radius 2 is 1.89 bits per heavy atom. The molecule has 3 aromatic rings. The maximum atomic E-state index is 12.2. The Labute approximate surface area is 162 Å². The summed E-state index contributed by atoms with van der Waals surface area (Å²) in [5, 5.41) is 8.64. The van der Waals surface area contributed by atoms with E-state index in [1.165, 1.54) is 11.3 Å². The molecule has 0 radical (unpaired) electrons. The van der Waals surface area contributed by atoms with Gasteiger partial charge in [0.05, 0.1) is 32.0 Å². The lowest BCUT2D eigenvalue weighted by molar-refractivity contribution is -0.115. The third-order valence-corrected chi connectivity index (χ3v) is 4.68. The number of hydrogen-bond donors (Lipinski definition) is 2. The van der Waals surface area contributed by atoms with Crippen molar-refractivity contribution in [2.45, 2.75) is 13.3 Å². The summed E-state index contributed by atoms with van der Waals surface area (Å²) in [5.74, 6) is 1.30. The molecule has 0 saturated carbocycles. The smallest absolute Gasteiger partial charge is 0.230 e. The molecule has 1 heterocycles. The molecule has 0 fully saturated rings. The molecule has 2 N–H and O–H groups in total. The number of amides is 1. The quantitative estimate of drug-likeness (QED) is 0.633. The van der Waals surface area contributed by atoms with Crippen LogP contribution in [0.3, 0.4) is 0 Å². The zero-order valence-electron chi connectivity index (χ0n) is 15.4. The topological polar surface area (TPSA) is 72.5 Å². The number of carbonyl (C=O) groups is 1. The van der Waals surface area contributed by atoms with Crippen LogP contribution in [-0.2, 0) is 11.2 Å². The summed E-state index contributed by atoms with van der Waals surface area (Å²) < 4.78 is 10.6. The van der Waals surface area contributed by atoms with Gasteiger partial charge in [0.2, 0.25) is 5.91 Å². The molecule has 27 heavy (non-hydrogen) atoms. The highest BCUT2D eigenvalue weighted by molar-refractivity contribution is 7.13. The second kappa shape index (κ2) is 8.55. The first kappa shape index (κ1) is 18.7. The van der Waals surface area contributed by atoms with Gasteiger partial charge in [-0.15, -0.1) is 11.3 Å². The van der Waals surface area contributed by atoms with Crippen molar-refractivity contribution in [2.24, 2.45) is 0 Å². The molecular weight excluding hydrogens is 362 g/mol. The van der Waals surface area contributed by atoms with E-state index in [0.29, 0.717) is 22.3 Å². The average molecular weight is 383 g/mol. The van der Waals surface area contributed by atoms with Gasteiger partial charge in [-0.2, -0.15) is 0 Å². The molecule has 140 valence electrons. The van der Waals surface area contributed by atoms with Gasteiger partial charge in [0.15, 0.2) is 5.13 Å². The number of nitrogens with zero attached hydrogens (tertiary/aromatic N) is 1. The molecule has 1 aromatic heterocycles. The number of hydrogen-bond acceptors (Lipinski definition) is 6. The Kier molecular flexibility index (Phi) is 5.93. The van der Waals surface area contributed by atoms with E-state index < -0.39 is 0 Å². The van der Waals surface area contributed by atoms with Crippen LogP contribution in [0.15, 0.2) is 47.8 Å². The lowest BCUT2D eigenvalue weighted by Crippen LogP contribution is -2.14. The minimum absolute atomic E-state index is 0.102. The lowest BCUT2D eigenvalue weighted by Gasteiger charge is -2.10. The van der Waals surface area contributed by atoms with E-state index in [9.17, 15) is 4.79 Å². The number of carbonyl (C=O) groups excluding carboxylic acids is 1. The second-order valence-electron chi connectivity index (χ2n) is 5.93. The maximum absolute atomic E-state index is 12.2. The number of benzene rings is 2. The highest BCUT2D eigenvalue weighted by Crippen LogP contribution is 2.32. The van der Waals surface area contributed by atoms with Gasteiger partial charge < -0.3 is 20.1 Å². The summed E-state index contributed by atoms with van der Waals surface area (Å²) in [6.07, 6.45) is 0.210. The van der Waals surface area contributed by atoms with Crippen LogP contribution in [0.5, 0.6) is 11.5 Å². The van der Waals surface area contributed by atoms with E-state index in [1.54, 1.807) is 14.2 Å². The van der Waals surface area contributed by atoms with Gasteiger partial charge in [0, 0.05) is 17.1 Å². The van der Waals surface area contributed by atoms with E-state index in [2.05, 4.69) is 15.6 Å². The molecule has 0 bridgehead atoms. The number of rotatable bonds is 7. The Hall–Kier alpha value is -3.06. The van der Waals surface area contributed by atoms with Crippen molar-refractivity contribution in [1.82, 2.24) is 4.98 Å². The second-order valence-corrected chi connectivity index (χ2v) is 6.78. The van der Waals surface area contributed by atoms with Gasteiger partial charge in [-0.25, -0.2) is 4.98 Å². The summed E-state index contributed by atoms with van der Waals surface area (Å²) in [6.45, 7) is 2.01. The fourth-order valence-electron chi connectivity index (χ4n) is 2.48. The van der Waals surface area contributed by atoms with Crippen molar-refractivity contribution >= 4 is 33.8 Å². The summed E-state index contributed by atoms with van der Waals surface area (Å²) in [4.78, 5) is 16.7. The van der Waals surface area contributed by atoms with Gasteiger partial charge in [0.1, 0.15) is 11.5 Å². The number of thiazole rings is 1. The van der Waals surface area contributed by atoms with Gasteiger partial charge in [-0.1, -0.05) is 17.7 Å². The molecular formula is C20H21N3O3S. The van der Waals surface area contributed by atoms with Crippen molar-refractivity contribution in [3.8, 4) is 11.5 Å². The third-order valence-electron chi connectivity index (χ3n) is 3.88. The van der Waals surface area contributed by atoms with E-state index >= 15 is 0 Å². The number of anilines is 3. The molecule has 0 aliphatic rings. The minimum Gasteiger partial charge on any atom is -0.497 e. The molecule has 3 rings (SSSR count). The number of nitrogens with one attached hydrogen (secondary N) is 2. The Bertz CT molecular complexity index is 922. The molecule has 1 amide bonds. The average Bonchev–Trinajstić information content (AvgIpc) is 3.10. The Morgan fingerprint density at radius 1 is 1.11 bits per heavy atom. The van der Waals surface area contributed by atoms with Crippen LogP contribution in [0.25, 0.3) is 0 Å². The lowest BCUT2D eigenvalue weighted by atomic mass is 10.2. The van der Waals surface area contributed by atoms with Crippen molar-refractivity contribution in [3.05, 3.63) is 59.1 Å². The first-order valence-electron chi connectivity index (χ1n) is 8.37. The van der Waals surface area contributed by atoms with Crippen molar-refractivity contribution < 1.29 is 14.3 Å². The fourth-order valence-corrected chi connectivity index (χ4v) is 3.20. The van der Waals surface area contributed by atoms with Crippen molar-refractivity contribution in [2.75, 3.05) is 24.9 Å². The van der Waals surface area contributed by atoms with E-state index in [1.807, 2.05) is 54.8 Å². The summed E-state index contributed by atoms with van der Waals surface area (Å²) >= 11 is 1.43. The zero-order chi connectivity index (χ0) is 19.2. The van der Waals surface area contributed by atoms with Crippen LogP contribution in [-0.4, -0.2) is 25.1 Å². The zero-order valence-corrected chi connectivity index (χ0v) is 16.2. The third kappa shape index (κ3) is 4.98. The molecule has 0 spiro atoms. The molecule has 0 aliphatic carbocycles. The van der Waals surface area contributed by atoms with Crippen molar-refractivity contribution in [3.63, 3.8) is 0 Å². The Balaban J connectivity index is 1.64. The van der Waals surface area contributed by atoms with Crippen LogP contribution in [0, 0.1) is 6.92 Å². The van der Waals surface area contributed by atoms with Crippen LogP contribution >= 0.6 is 11.3 Å². The maximum Gasteiger partial charge on any atom is 0.230 e. The SMILES string of the molecule is COc1ccc(OC)c(Nc2nc(CC(=O)Nc3ccc(C)cc3)cs2)c1. The number of methoxy groups -OCH3 is 2. The largest absolute Gasteiger partial charge is 0.497 e. The summed E-state index contributed by atoms with van der Waals surface area (Å²) in [7, 11) is 3.22. The number of aryl methyl sites for hydroxylation is 1. The van der Waals surface area contributed by atoms with E-state index in [4.69, 9.17) is 9.47 Å². The van der Waals surface area contributed by atoms with Crippen LogP contribution in [0.4, 0.5) is 16.5 Å². The molecule has 7 heteroatoms. The molecule has 6 nitrogen and oxygen atoms in total. The first-order valence-corrected chi connectivity index (χ1v) is 9.25. The first-order chi connectivity index (χ1) is 13.1. The van der Waals surface area contributed by atoms with Gasteiger partial charge in [-0.3, -0.25) is 4.79 Å². The number of ether oxygens (including phenoxy) is 2. The van der Waals surface area contributed by atoms with Crippen LogP contribution in [0.1, 0.15) is 11.3 Å².